The molecule has 26 heavy (non-hydrogen) atoms. The van der Waals surface area contributed by atoms with E-state index in [0.717, 1.165) is 12.2 Å². The molecular formula is C25H21O+. The van der Waals surface area contributed by atoms with Crippen LogP contribution in [0.25, 0.3) is 17.2 Å². The van der Waals surface area contributed by atoms with Gasteiger partial charge < -0.3 is 4.74 Å². The normalized spacial score (nSPS) is 16.3. The molecule has 4 rings (SSSR count). The predicted octanol–water partition coefficient (Wildman–Crippen LogP) is 6.69. The summed E-state index contributed by atoms with van der Waals surface area (Å²) in [5, 5.41) is 0. The average molecular weight is 337 g/mol. The first-order valence-electron chi connectivity index (χ1n) is 8.98. The van der Waals surface area contributed by atoms with Crippen molar-refractivity contribution >= 4 is 6.08 Å². The van der Waals surface area contributed by atoms with Gasteiger partial charge in [-0.2, -0.15) is 0 Å². The van der Waals surface area contributed by atoms with Crippen molar-refractivity contribution in [2.45, 2.75) is 12.5 Å². The Kier molecular flexibility index (Phi) is 4.88. The third-order valence-corrected chi connectivity index (χ3v) is 4.55. The quantitative estimate of drug-likeness (QED) is 0.482. The maximum absolute atomic E-state index is 6.23. The largest absolute Gasteiger partial charge is 0.478 e. The minimum atomic E-state index is 0.0622. The maximum Gasteiger partial charge on any atom is 0.154 e. The molecule has 1 unspecified atom stereocenters. The molecule has 1 heterocycles. The zero-order valence-corrected chi connectivity index (χ0v) is 14.6. The van der Waals surface area contributed by atoms with Crippen molar-refractivity contribution in [2.75, 3.05) is 0 Å². The highest BCUT2D eigenvalue weighted by atomic mass is 16.5. The first-order chi connectivity index (χ1) is 12.9. The third kappa shape index (κ3) is 3.73. The van der Waals surface area contributed by atoms with E-state index in [1.807, 2.05) is 30.3 Å². The second-order valence-corrected chi connectivity index (χ2v) is 6.34. The number of ether oxygens (including phenoxy) is 1. The fraction of sp³-hybridized carbons (Fsp3) is 0.0800. The Morgan fingerprint density at radius 1 is 0.769 bits per heavy atom. The van der Waals surface area contributed by atoms with Crippen LogP contribution in [0.3, 0.4) is 0 Å². The van der Waals surface area contributed by atoms with Crippen molar-refractivity contribution in [2.24, 2.45) is 0 Å². The van der Waals surface area contributed by atoms with Crippen molar-refractivity contribution in [3.63, 3.8) is 0 Å². The topological polar surface area (TPSA) is 9.23 Å². The molecule has 1 aliphatic rings. The number of benzene rings is 2. The second kappa shape index (κ2) is 7.79. The van der Waals surface area contributed by atoms with Crippen LogP contribution < -0.4 is 0 Å². The van der Waals surface area contributed by atoms with Gasteiger partial charge in [0.2, 0.25) is 0 Å². The molecule has 1 atom stereocenters. The Hall–Kier alpha value is -3.19. The van der Waals surface area contributed by atoms with Crippen LogP contribution in [0.1, 0.15) is 23.7 Å². The minimum absolute atomic E-state index is 0.0622. The zero-order valence-electron chi connectivity index (χ0n) is 14.6. The second-order valence-electron chi connectivity index (χ2n) is 6.34. The summed E-state index contributed by atoms with van der Waals surface area (Å²) in [4.78, 5) is 0. The molecule has 126 valence electrons. The lowest BCUT2D eigenvalue weighted by Gasteiger charge is -2.13. The van der Waals surface area contributed by atoms with E-state index >= 15 is 0 Å². The monoisotopic (exact) mass is 337 g/mol. The van der Waals surface area contributed by atoms with Crippen LogP contribution in [0.4, 0.5) is 0 Å². The molecule has 0 fully saturated rings. The lowest BCUT2D eigenvalue weighted by Crippen LogP contribution is -1.99. The number of allylic oxidation sites excluding steroid dienone is 1. The van der Waals surface area contributed by atoms with E-state index in [0.29, 0.717) is 0 Å². The summed E-state index contributed by atoms with van der Waals surface area (Å²) in [5.74, 6) is 0.937. The van der Waals surface area contributed by atoms with Crippen LogP contribution in [0.15, 0.2) is 109 Å². The van der Waals surface area contributed by atoms with E-state index in [9.17, 15) is 0 Å². The third-order valence-electron chi connectivity index (χ3n) is 4.55. The Morgan fingerprint density at radius 2 is 1.46 bits per heavy atom. The lowest BCUT2D eigenvalue weighted by molar-refractivity contribution is 0.155. The van der Waals surface area contributed by atoms with Gasteiger partial charge in [0.25, 0.3) is 0 Å². The van der Waals surface area contributed by atoms with Gasteiger partial charge in [0, 0.05) is 24.6 Å². The van der Waals surface area contributed by atoms with Gasteiger partial charge in [-0.1, -0.05) is 36.4 Å². The molecule has 1 aliphatic heterocycles. The summed E-state index contributed by atoms with van der Waals surface area (Å²) in [6.07, 6.45) is 7.28. The molecule has 0 aliphatic carbocycles. The maximum atomic E-state index is 6.23. The molecule has 0 N–H and O–H groups in total. The van der Waals surface area contributed by atoms with Crippen molar-refractivity contribution in [1.82, 2.24) is 0 Å². The van der Waals surface area contributed by atoms with Crippen molar-refractivity contribution in [3.8, 4) is 11.1 Å². The molecule has 3 aromatic carbocycles. The van der Waals surface area contributed by atoms with Gasteiger partial charge in [0.1, 0.15) is 5.76 Å². The van der Waals surface area contributed by atoms with E-state index in [2.05, 4.69) is 78.9 Å². The highest BCUT2D eigenvalue weighted by Gasteiger charge is 2.25. The first-order valence-corrected chi connectivity index (χ1v) is 8.98. The molecular weight excluding hydrogens is 316 g/mol. The van der Waals surface area contributed by atoms with Gasteiger partial charge in [-0.05, 0) is 60.2 Å². The van der Waals surface area contributed by atoms with Gasteiger partial charge in [0.05, 0.1) is 16.7 Å². The highest BCUT2D eigenvalue weighted by Crippen LogP contribution is 2.37. The molecule has 0 radical (unpaired) electrons. The fourth-order valence-electron chi connectivity index (χ4n) is 3.25. The zero-order chi connectivity index (χ0) is 17.6. The molecule has 0 spiro atoms. The van der Waals surface area contributed by atoms with E-state index in [1.165, 1.54) is 22.3 Å². The molecule has 0 amide bonds. The standard InChI is InChI=1S/C25H21O/c1-2-7-13-21(12-6-1)23-14-8-9-15-24(23)25-19-18-22(26-25)17-16-20-10-4-3-5-11-20/h1-18,25H,19H2/q+1/b17-16+. The minimum Gasteiger partial charge on any atom is -0.478 e. The van der Waals surface area contributed by atoms with E-state index in [1.54, 1.807) is 0 Å². The molecule has 1 nitrogen and oxygen atoms in total. The highest BCUT2D eigenvalue weighted by molar-refractivity contribution is 5.67. The van der Waals surface area contributed by atoms with Gasteiger partial charge in [-0.15, -0.1) is 0 Å². The van der Waals surface area contributed by atoms with Crippen molar-refractivity contribution < 1.29 is 4.74 Å². The van der Waals surface area contributed by atoms with Crippen molar-refractivity contribution in [3.05, 3.63) is 120 Å². The average Bonchev–Trinajstić information content (AvgIpc) is 3.00. The number of hydrogen-bond acceptors (Lipinski definition) is 1. The Bertz CT molecular complexity index is 926. The number of hydrogen-bond donors (Lipinski definition) is 0. The Balaban J connectivity index is 1.55. The first kappa shape index (κ1) is 16.3. The Labute approximate surface area is 154 Å². The molecule has 0 saturated carbocycles. The summed E-state index contributed by atoms with van der Waals surface area (Å²) in [6.45, 7) is 0. The molecule has 3 aromatic rings. The van der Waals surface area contributed by atoms with Crippen molar-refractivity contribution in [1.29, 1.82) is 0 Å². The number of rotatable bonds is 4. The van der Waals surface area contributed by atoms with Crippen LogP contribution >= 0.6 is 0 Å². The van der Waals surface area contributed by atoms with Crippen LogP contribution in [-0.4, -0.2) is 0 Å². The molecule has 1 heteroatoms. The van der Waals surface area contributed by atoms with E-state index in [-0.39, 0.29) is 6.10 Å². The van der Waals surface area contributed by atoms with E-state index in [4.69, 9.17) is 4.74 Å². The van der Waals surface area contributed by atoms with Crippen LogP contribution in [0, 0.1) is 0 Å². The van der Waals surface area contributed by atoms with Crippen LogP contribution in [0.2, 0.25) is 0 Å². The fourth-order valence-corrected chi connectivity index (χ4v) is 3.25. The van der Waals surface area contributed by atoms with Gasteiger partial charge in [-0.3, -0.25) is 0 Å². The molecule has 0 bridgehead atoms. The summed E-state index contributed by atoms with van der Waals surface area (Å²) in [6, 6.07) is 31.4. The van der Waals surface area contributed by atoms with Crippen LogP contribution in [0.5, 0.6) is 0 Å². The summed E-state index contributed by atoms with van der Waals surface area (Å²) in [5.41, 5.74) is 4.86. The molecule has 0 saturated heterocycles. The van der Waals surface area contributed by atoms with E-state index < -0.39 is 0 Å². The van der Waals surface area contributed by atoms with Gasteiger partial charge >= 0.3 is 0 Å². The summed E-state index contributed by atoms with van der Waals surface area (Å²) < 4.78 is 6.23. The van der Waals surface area contributed by atoms with Gasteiger partial charge in [0.15, 0.2) is 6.10 Å². The summed E-state index contributed by atoms with van der Waals surface area (Å²) >= 11 is 0. The Morgan fingerprint density at radius 3 is 2.27 bits per heavy atom. The summed E-state index contributed by atoms with van der Waals surface area (Å²) in [7, 11) is 0. The SMILES string of the molecule is C1=C(/C=C/c2ccccc2)OC(c2ccccc2-[c+]2cccccc2)C1. The lowest BCUT2D eigenvalue weighted by atomic mass is 9.96. The predicted molar refractivity (Wildman–Crippen MR) is 108 cm³/mol. The smallest absolute Gasteiger partial charge is 0.154 e. The molecule has 0 aromatic heterocycles. The van der Waals surface area contributed by atoms with Gasteiger partial charge in [-0.25, -0.2) is 0 Å². The van der Waals surface area contributed by atoms with Crippen LogP contribution in [-0.2, 0) is 4.74 Å².